The Balaban J connectivity index is 0.00000147. The van der Waals surface area contributed by atoms with Crippen molar-refractivity contribution in [3.05, 3.63) is 11.9 Å². The van der Waals surface area contributed by atoms with Crippen LogP contribution in [0.5, 0.6) is 0 Å². The van der Waals surface area contributed by atoms with E-state index in [9.17, 15) is 4.79 Å². The molecule has 0 radical (unpaired) electrons. The topological polar surface area (TPSA) is 71.8 Å². The Morgan fingerprint density at radius 2 is 2.10 bits per heavy atom. The summed E-state index contributed by atoms with van der Waals surface area (Å²) in [6, 6.07) is 0.700. The number of aromatic nitrogens is 3. The molecule has 6 nitrogen and oxygen atoms in total. The molecule has 2 aliphatic rings. The van der Waals surface area contributed by atoms with Gasteiger partial charge in [-0.05, 0) is 44.7 Å². The number of amides is 1. The Morgan fingerprint density at radius 3 is 2.75 bits per heavy atom. The average molecular weight is 300 g/mol. The van der Waals surface area contributed by atoms with Crippen molar-refractivity contribution in [2.45, 2.75) is 44.7 Å². The van der Waals surface area contributed by atoms with E-state index in [0.29, 0.717) is 17.8 Å². The summed E-state index contributed by atoms with van der Waals surface area (Å²) in [4.78, 5) is 12.0. The zero-order valence-electron chi connectivity index (χ0n) is 11.7. The van der Waals surface area contributed by atoms with Crippen LogP contribution in [0.25, 0.3) is 0 Å². The van der Waals surface area contributed by atoms with Gasteiger partial charge in [-0.2, -0.15) is 0 Å². The normalized spacial score (nSPS) is 26.4. The third-order valence-corrected chi connectivity index (χ3v) is 4.13. The smallest absolute Gasteiger partial charge is 0.273 e. The second-order valence-corrected chi connectivity index (χ2v) is 5.81. The number of carbonyl (C=O) groups excluding carboxylic acids is 1. The first-order valence-electron chi connectivity index (χ1n) is 7.16. The molecule has 3 rings (SSSR count). The van der Waals surface area contributed by atoms with E-state index in [1.54, 1.807) is 6.20 Å². The minimum atomic E-state index is -0.0860. The lowest BCUT2D eigenvalue weighted by molar-refractivity contribution is 0.0891. The van der Waals surface area contributed by atoms with Gasteiger partial charge in [-0.1, -0.05) is 12.1 Å². The molecule has 0 spiro atoms. The first-order valence-corrected chi connectivity index (χ1v) is 7.16. The molecule has 1 saturated heterocycles. The molecular formula is C13H22ClN5O. The molecule has 1 amide bonds. The number of halogens is 1. The van der Waals surface area contributed by atoms with Crippen LogP contribution in [-0.2, 0) is 0 Å². The van der Waals surface area contributed by atoms with E-state index in [1.165, 1.54) is 0 Å². The summed E-state index contributed by atoms with van der Waals surface area (Å²) in [5.41, 5.74) is 0.443. The molecule has 1 aliphatic heterocycles. The Bertz CT molecular complexity index is 451. The van der Waals surface area contributed by atoms with Crippen LogP contribution in [-0.4, -0.2) is 40.0 Å². The Labute approximate surface area is 125 Å². The summed E-state index contributed by atoms with van der Waals surface area (Å²) in [5, 5.41) is 14.4. The summed E-state index contributed by atoms with van der Waals surface area (Å²) < 4.78 is 1.85. The molecule has 0 unspecified atom stereocenters. The number of rotatable bonds is 3. The van der Waals surface area contributed by atoms with Gasteiger partial charge in [0, 0.05) is 6.04 Å². The van der Waals surface area contributed by atoms with Crippen LogP contribution in [0.2, 0.25) is 0 Å². The molecule has 112 valence electrons. The first kappa shape index (κ1) is 15.3. The van der Waals surface area contributed by atoms with E-state index in [4.69, 9.17) is 0 Å². The van der Waals surface area contributed by atoms with E-state index in [1.807, 2.05) is 4.68 Å². The number of nitrogens with one attached hydrogen (secondary N) is 2. The second-order valence-electron chi connectivity index (χ2n) is 5.81. The Morgan fingerprint density at radius 1 is 1.40 bits per heavy atom. The molecule has 1 aromatic rings. The van der Waals surface area contributed by atoms with Crippen molar-refractivity contribution in [3.8, 4) is 0 Å². The van der Waals surface area contributed by atoms with Crippen LogP contribution in [0.3, 0.4) is 0 Å². The van der Waals surface area contributed by atoms with Crippen LogP contribution >= 0.6 is 12.4 Å². The number of hydrogen-bond acceptors (Lipinski definition) is 4. The van der Waals surface area contributed by atoms with Gasteiger partial charge in [0.15, 0.2) is 5.69 Å². The van der Waals surface area contributed by atoms with E-state index in [0.717, 1.165) is 44.7 Å². The largest absolute Gasteiger partial charge is 0.348 e. The van der Waals surface area contributed by atoms with Crippen molar-refractivity contribution in [3.63, 3.8) is 0 Å². The van der Waals surface area contributed by atoms with E-state index in [-0.39, 0.29) is 18.3 Å². The maximum atomic E-state index is 12.0. The van der Waals surface area contributed by atoms with Crippen molar-refractivity contribution in [2.75, 3.05) is 13.1 Å². The highest BCUT2D eigenvalue weighted by Crippen LogP contribution is 2.26. The minimum Gasteiger partial charge on any atom is -0.348 e. The molecule has 1 saturated carbocycles. The van der Waals surface area contributed by atoms with Gasteiger partial charge in [0.2, 0.25) is 0 Å². The molecule has 2 N–H and O–H groups in total. The third-order valence-electron chi connectivity index (χ3n) is 4.13. The van der Waals surface area contributed by atoms with Gasteiger partial charge < -0.3 is 10.6 Å². The summed E-state index contributed by atoms with van der Waals surface area (Å²) >= 11 is 0. The lowest BCUT2D eigenvalue weighted by Gasteiger charge is -2.32. The Kier molecular flexibility index (Phi) is 4.99. The van der Waals surface area contributed by atoms with Crippen LogP contribution in [0, 0.1) is 5.92 Å². The average Bonchev–Trinajstić information content (AvgIpc) is 2.87. The highest BCUT2D eigenvalue weighted by molar-refractivity contribution is 5.92. The summed E-state index contributed by atoms with van der Waals surface area (Å²) in [6.45, 7) is 4.22. The van der Waals surface area contributed by atoms with Crippen molar-refractivity contribution < 1.29 is 4.79 Å². The van der Waals surface area contributed by atoms with Gasteiger partial charge in [-0.3, -0.25) is 4.79 Å². The molecule has 0 aromatic carbocycles. The van der Waals surface area contributed by atoms with Gasteiger partial charge in [-0.25, -0.2) is 4.68 Å². The molecule has 0 atom stereocenters. The van der Waals surface area contributed by atoms with E-state index < -0.39 is 0 Å². The lowest BCUT2D eigenvalue weighted by atomic mass is 9.82. The monoisotopic (exact) mass is 299 g/mol. The molecule has 7 heteroatoms. The number of hydrogen-bond donors (Lipinski definition) is 2. The van der Waals surface area contributed by atoms with Gasteiger partial charge >= 0.3 is 0 Å². The second kappa shape index (κ2) is 6.54. The quantitative estimate of drug-likeness (QED) is 0.878. The van der Waals surface area contributed by atoms with Crippen LogP contribution in [0.1, 0.15) is 49.1 Å². The fourth-order valence-electron chi connectivity index (χ4n) is 2.91. The summed E-state index contributed by atoms with van der Waals surface area (Å²) in [6.07, 6.45) is 6.03. The first-order chi connectivity index (χ1) is 9.22. The molecule has 2 heterocycles. The highest BCUT2D eigenvalue weighted by Gasteiger charge is 2.28. The zero-order chi connectivity index (χ0) is 13.2. The minimum absolute atomic E-state index is 0. The van der Waals surface area contributed by atoms with Gasteiger partial charge in [0.05, 0.1) is 12.2 Å². The maximum absolute atomic E-state index is 12.0. The standard InChI is InChI=1S/C13H21N5O.ClH/c1-9-6-10(7-9)15-13(19)12-8-18(17-16-12)11-2-4-14-5-3-11;/h8-11,14H,2-7H2,1H3,(H,15,19);1H. The van der Waals surface area contributed by atoms with Crippen molar-refractivity contribution in [2.24, 2.45) is 5.92 Å². The number of piperidine rings is 1. The lowest BCUT2D eigenvalue weighted by Crippen LogP contribution is -2.43. The van der Waals surface area contributed by atoms with Gasteiger partial charge in [-0.15, -0.1) is 17.5 Å². The van der Waals surface area contributed by atoms with Crippen molar-refractivity contribution in [1.82, 2.24) is 25.6 Å². The molecular weight excluding hydrogens is 278 g/mol. The van der Waals surface area contributed by atoms with E-state index in [2.05, 4.69) is 27.9 Å². The van der Waals surface area contributed by atoms with Crippen molar-refractivity contribution in [1.29, 1.82) is 0 Å². The molecule has 20 heavy (non-hydrogen) atoms. The molecule has 1 aromatic heterocycles. The predicted octanol–water partition coefficient (Wildman–Crippen LogP) is 1.15. The SMILES string of the molecule is CC1CC(NC(=O)c2cn(C3CCNCC3)nn2)C1.Cl. The third kappa shape index (κ3) is 3.30. The fourth-order valence-corrected chi connectivity index (χ4v) is 2.91. The van der Waals surface area contributed by atoms with E-state index >= 15 is 0 Å². The predicted molar refractivity (Wildman–Crippen MR) is 78.1 cm³/mol. The van der Waals surface area contributed by atoms with Crippen LogP contribution in [0.4, 0.5) is 0 Å². The van der Waals surface area contributed by atoms with Gasteiger partial charge in [0.1, 0.15) is 0 Å². The maximum Gasteiger partial charge on any atom is 0.273 e. The Hall–Kier alpha value is -1.14. The fraction of sp³-hybridized carbons (Fsp3) is 0.769. The highest BCUT2D eigenvalue weighted by atomic mass is 35.5. The van der Waals surface area contributed by atoms with Crippen LogP contribution < -0.4 is 10.6 Å². The molecule has 0 bridgehead atoms. The zero-order valence-corrected chi connectivity index (χ0v) is 12.5. The number of nitrogens with zero attached hydrogens (tertiary/aromatic N) is 3. The van der Waals surface area contributed by atoms with Crippen molar-refractivity contribution >= 4 is 18.3 Å². The van der Waals surface area contributed by atoms with Crippen LogP contribution in [0.15, 0.2) is 6.20 Å². The summed E-state index contributed by atoms with van der Waals surface area (Å²) in [7, 11) is 0. The number of carbonyl (C=O) groups is 1. The molecule has 2 fully saturated rings. The summed E-state index contributed by atoms with van der Waals surface area (Å²) in [5.74, 6) is 0.646. The molecule has 1 aliphatic carbocycles. The van der Waals surface area contributed by atoms with Gasteiger partial charge in [0.25, 0.3) is 5.91 Å².